The number of hydrogen-bond acceptors (Lipinski definition) is 7. The molecule has 4 rings (SSSR count). The van der Waals surface area contributed by atoms with Crippen molar-refractivity contribution in [3.63, 3.8) is 0 Å². The number of amides is 2. The highest BCUT2D eigenvalue weighted by Gasteiger charge is 2.36. The number of halogens is 1. The summed E-state index contributed by atoms with van der Waals surface area (Å²) in [4.78, 5) is 31.9. The number of para-hydroxylation sites is 1. The molecule has 12 heteroatoms. The number of carbonyl (C=O) groups excluding carboxylic acids is 2. The molecular weight excluding hydrogens is 539 g/mol. The van der Waals surface area contributed by atoms with Gasteiger partial charge in [-0.1, -0.05) is 13.0 Å². The van der Waals surface area contributed by atoms with Crippen molar-refractivity contribution in [3.05, 3.63) is 83.9 Å². The lowest BCUT2D eigenvalue weighted by Gasteiger charge is -2.38. The van der Waals surface area contributed by atoms with Crippen LogP contribution in [0.2, 0.25) is 0 Å². The summed E-state index contributed by atoms with van der Waals surface area (Å²) in [6.45, 7) is 3.32. The number of aromatic nitrogens is 1. The minimum atomic E-state index is -4.00. The fourth-order valence-corrected chi connectivity index (χ4v) is 5.58. The highest BCUT2D eigenvalue weighted by Crippen LogP contribution is 2.35. The van der Waals surface area contributed by atoms with Gasteiger partial charge >= 0.3 is 0 Å². The van der Waals surface area contributed by atoms with Crippen LogP contribution in [0.15, 0.2) is 71.9 Å². The maximum absolute atomic E-state index is 13.6. The lowest BCUT2D eigenvalue weighted by Crippen LogP contribution is -2.50. The molecule has 0 fully saturated rings. The van der Waals surface area contributed by atoms with Crippen molar-refractivity contribution in [3.8, 4) is 5.75 Å². The van der Waals surface area contributed by atoms with Gasteiger partial charge in [0.2, 0.25) is 10.0 Å². The van der Waals surface area contributed by atoms with E-state index in [0.717, 1.165) is 16.4 Å². The number of pyridine rings is 1. The molecule has 0 aliphatic carbocycles. The molecule has 0 saturated heterocycles. The lowest BCUT2D eigenvalue weighted by molar-refractivity contribution is 0.0388. The summed E-state index contributed by atoms with van der Waals surface area (Å²) in [6.07, 6.45) is 2.20. The number of ether oxygens (including phenoxy) is 1. The van der Waals surface area contributed by atoms with Crippen LogP contribution in [0.25, 0.3) is 0 Å². The second-order valence-electron chi connectivity index (χ2n) is 9.73. The van der Waals surface area contributed by atoms with Crippen LogP contribution in [0.1, 0.15) is 34.6 Å². The van der Waals surface area contributed by atoms with E-state index in [1.54, 1.807) is 37.3 Å². The van der Waals surface area contributed by atoms with Crippen LogP contribution in [0, 0.1) is 11.7 Å². The summed E-state index contributed by atoms with van der Waals surface area (Å²) in [5, 5.41) is 12.6. The van der Waals surface area contributed by atoms with E-state index in [0.29, 0.717) is 5.56 Å². The first-order valence-corrected chi connectivity index (χ1v) is 14.1. The molecule has 212 valence electrons. The number of carbonyl (C=O) groups is 2. The van der Waals surface area contributed by atoms with Crippen molar-refractivity contribution in [2.24, 2.45) is 5.92 Å². The number of aliphatic hydroxyl groups excluding tert-OH is 1. The van der Waals surface area contributed by atoms with Crippen molar-refractivity contribution in [1.29, 1.82) is 0 Å². The van der Waals surface area contributed by atoms with Gasteiger partial charge in [-0.3, -0.25) is 14.6 Å². The third kappa shape index (κ3) is 6.14. The van der Waals surface area contributed by atoms with Gasteiger partial charge < -0.3 is 20.1 Å². The Hall–Kier alpha value is -3.87. The fourth-order valence-electron chi connectivity index (χ4n) is 4.40. The number of nitrogens with one attached hydrogen (secondary N) is 1. The third-order valence-electron chi connectivity index (χ3n) is 6.84. The largest absolute Gasteiger partial charge is 0.486 e. The molecule has 2 heterocycles. The van der Waals surface area contributed by atoms with Crippen LogP contribution in [-0.2, 0) is 10.0 Å². The van der Waals surface area contributed by atoms with E-state index in [2.05, 4.69) is 10.3 Å². The smallest absolute Gasteiger partial charge is 0.258 e. The van der Waals surface area contributed by atoms with Crippen LogP contribution in [0.4, 0.5) is 10.1 Å². The predicted octanol–water partition coefficient (Wildman–Crippen LogP) is 3.01. The molecule has 0 bridgehead atoms. The number of sulfonamides is 1. The molecule has 3 aromatic rings. The van der Waals surface area contributed by atoms with Gasteiger partial charge in [0.05, 0.1) is 35.3 Å². The van der Waals surface area contributed by atoms with Gasteiger partial charge in [0.1, 0.15) is 11.9 Å². The topological polar surface area (TPSA) is 129 Å². The standard InChI is InChI=1S/C28H31FN4O6S/c1-18-15-33(19(2)17-34)28(36)23-5-4-6-24(31-27(35)20-11-13-30-14-12-20)26(23)39-25(18)16-32(3)40(37,38)22-9-7-21(29)8-10-22/h4-14,18-19,25,34H,15-17H2,1-3H3,(H,31,35)/t18-,19+,25+/m0/s1. The highest BCUT2D eigenvalue weighted by molar-refractivity contribution is 7.89. The number of hydrogen-bond donors (Lipinski definition) is 2. The lowest BCUT2D eigenvalue weighted by atomic mass is 9.99. The zero-order valence-electron chi connectivity index (χ0n) is 22.3. The Morgan fingerprint density at radius 3 is 2.52 bits per heavy atom. The van der Waals surface area contributed by atoms with Crippen molar-refractivity contribution >= 4 is 27.5 Å². The number of rotatable bonds is 8. The van der Waals surface area contributed by atoms with Crippen LogP contribution in [-0.4, -0.2) is 78.4 Å². The van der Waals surface area contributed by atoms with Gasteiger partial charge in [0, 0.05) is 37.5 Å². The first-order valence-electron chi connectivity index (χ1n) is 12.7. The van der Waals surface area contributed by atoms with E-state index >= 15 is 0 Å². The molecule has 0 spiro atoms. The molecule has 1 aliphatic heterocycles. The monoisotopic (exact) mass is 570 g/mol. The maximum atomic E-state index is 13.6. The molecule has 10 nitrogen and oxygen atoms in total. The van der Waals surface area contributed by atoms with Crippen molar-refractivity contribution in [2.75, 3.05) is 32.1 Å². The molecule has 0 saturated carbocycles. The Bertz CT molecular complexity index is 1470. The molecule has 1 aromatic heterocycles. The minimum absolute atomic E-state index is 0.0775. The number of anilines is 1. The Labute approximate surface area is 232 Å². The average Bonchev–Trinajstić information content (AvgIpc) is 2.95. The molecule has 3 atom stereocenters. The van der Waals surface area contributed by atoms with Gasteiger partial charge in [-0.05, 0) is 55.5 Å². The number of nitrogens with zero attached hydrogens (tertiary/aromatic N) is 3. The van der Waals surface area contributed by atoms with E-state index in [1.165, 1.54) is 36.5 Å². The van der Waals surface area contributed by atoms with Crippen LogP contribution in [0.3, 0.4) is 0 Å². The number of fused-ring (bicyclic) bond motifs is 1. The molecule has 1 aliphatic rings. The van der Waals surface area contributed by atoms with Crippen LogP contribution < -0.4 is 10.1 Å². The summed E-state index contributed by atoms with van der Waals surface area (Å²) in [5.74, 6) is -1.70. The van der Waals surface area contributed by atoms with Gasteiger partial charge in [0.15, 0.2) is 5.75 Å². The number of aliphatic hydroxyl groups is 1. The SMILES string of the molecule is C[C@H](CO)N1C[C@H](C)[C@@H](CN(C)S(=O)(=O)c2ccc(F)cc2)Oc2c(NC(=O)c3ccncc3)cccc2C1=O. The van der Waals surface area contributed by atoms with Crippen molar-refractivity contribution in [1.82, 2.24) is 14.2 Å². The molecule has 0 unspecified atom stereocenters. The van der Waals surface area contributed by atoms with Gasteiger partial charge in [-0.15, -0.1) is 0 Å². The Morgan fingerprint density at radius 2 is 1.88 bits per heavy atom. The predicted molar refractivity (Wildman–Crippen MR) is 146 cm³/mol. The van der Waals surface area contributed by atoms with E-state index in [1.807, 2.05) is 6.92 Å². The third-order valence-corrected chi connectivity index (χ3v) is 8.68. The molecule has 40 heavy (non-hydrogen) atoms. The second kappa shape index (κ2) is 12.1. The molecule has 2 N–H and O–H groups in total. The van der Waals surface area contributed by atoms with Crippen molar-refractivity contribution in [2.45, 2.75) is 30.9 Å². The fraction of sp³-hybridized carbons (Fsp3) is 0.321. The first kappa shape index (κ1) is 29.1. The Morgan fingerprint density at radius 1 is 1.20 bits per heavy atom. The summed E-state index contributed by atoms with van der Waals surface area (Å²) < 4.78 is 47.4. The number of benzene rings is 2. The van der Waals surface area contributed by atoms with E-state index in [9.17, 15) is 27.5 Å². The van der Waals surface area contributed by atoms with Gasteiger partial charge in [-0.25, -0.2) is 12.8 Å². The summed E-state index contributed by atoms with van der Waals surface area (Å²) >= 11 is 0. The number of likely N-dealkylation sites (N-methyl/N-ethyl adjacent to an activating group) is 1. The van der Waals surface area contributed by atoms with Gasteiger partial charge in [-0.2, -0.15) is 4.31 Å². The van der Waals surface area contributed by atoms with E-state index in [4.69, 9.17) is 4.74 Å². The summed E-state index contributed by atoms with van der Waals surface area (Å²) in [7, 11) is -2.60. The van der Waals surface area contributed by atoms with E-state index < -0.39 is 39.8 Å². The molecule has 2 amide bonds. The van der Waals surface area contributed by atoms with E-state index in [-0.39, 0.29) is 47.5 Å². The first-order chi connectivity index (χ1) is 19.0. The second-order valence-corrected chi connectivity index (χ2v) is 11.8. The summed E-state index contributed by atoms with van der Waals surface area (Å²) in [6, 6.07) is 11.8. The molecule has 0 radical (unpaired) electrons. The van der Waals surface area contributed by atoms with Crippen LogP contribution >= 0.6 is 0 Å². The summed E-state index contributed by atoms with van der Waals surface area (Å²) in [5.41, 5.74) is 0.733. The quantitative estimate of drug-likeness (QED) is 0.426. The molecular formula is C28H31FN4O6S. The Balaban J connectivity index is 1.72. The average molecular weight is 571 g/mol. The normalized spacial score (nSPS) is 18.4. The maximum Gasteiger partial charge on any atom is 0.258 e. The molecule has 2 aromatic carbocycles. The zero-order valence-corrected chi connectivity index (χ0v) is 23.1. The zero-order chi connectivity index (χ0) is 29.0. The van der Waals surface area contributed by atoms with Crippen LogP contribution in [0.5, 0.6) is 5.75 Å². The highest BCUT2D eigenvalue weighted by atomic mass is 32.2. The van der Waals surface area contributed by atoms with Crippen molar-refractivity contribution < 1.29 is 32.2 Å². The Kier molecular flexibility index (Phi) is 8.82. The van der Waals surface area contributed by atoms with Gasteiger partial charge in [0.25, 0.3) is 11.8 Å². The minimum Gasteiger partial charge on any atom is -0.486 e.